The van der Waals surface area contributed by atoms with Crippen LogP contribution < -0.4 is 5.73 Å². The first-order chi connectivity index (χ1) is 31.4. The van der Waals surface area contributed by atoms with Gasteiger partial charge < -0.3 is 20.1 Å². The van der Waals surface area contributed by atoms with Crippen LogP contribution in [0.15, 0.2) is 60.8 Å². The normalized spacial score (nSPS) is 13.8. The number of hydrogen-bond donors (Lipinski definition) is 2. The third kappa shape index (κ3) is 51.2. The molecule has 0 spiro atoms. The standard InChI is InChI=1S/C55H102NO7P/c1-3-5-7-9-11-13-15-17-19-21-23-24-25-26-27-28-29-31-33-35-37-39-41-43-45-47-50-60-52-54(53-62-64(58,59)61-51-49-56)63-55(57)48-46-44-42-40-38-36-34-32-30-22-20-18-16-14-12-10-8-6-4-2/h5,7,11,13,17-20,23-24,54H,3-4,6,8-10,12,14-16,21-22,25-53,56H2,1-2H3,(H,58,59)/b7-5-,13-11-,19-17-,20-18-,24-23-. The molecule has 0 aliphatic rings. The minimum absolute atomic E-state index is 0.0969. The Morgan fingerprint density at radius 1 is 0.484 bits per heavy atom. The van der Waals surface area contributed by atoms with Gasteiger partial charge in [-0.3, -0.25) is 13.8 Å². The van der Waals surface area contributed by atoms with E-state index in [1.807, 2.05) is 0 Å². The van der Waals surface area contributed by atoms with Crippen molar-refractivity contribution in [2.45, 2.75) is 251 Å². The highest BCUT2D eigenvalue weighted by Crippen LogP contribution is 2.43. The van der Waals surface area contributed by atoms with Crippen LogP contribution in [0.25, 0.3) is 0 Å². The number of allylic oxidation sites excluding steroid dienone is 10. The number of phosphoric acid groups is 1. The van der Waals surface area contributed by atoms with Gasteiger partial charge in [0.2, 0.25) is 0 Å². The molecule has 64 heavy (non-hydrogen) atoms. The Kier molecular flexibility index (Phi) is 50.7. The number of nitrogens with two attached hydrogens (primary N) is 1. The molecule has 9 heteroatoms. The smallest absolute Gasteiger partial charge is 0.457 e. The summed E-state index contributed by atoms with van der Waals surface area (Å²) < 4.78 is 33.6. The summed E-state index contributed by atoms with van der Waals surface area (Å²) in [5.74, 6) is -0.331. The van der Waals surface area contributed by atoms with Crippen molar-refractivity contribution in [3.8, 4) is 0 Å². The van der Waals surface area contributed by atoms with Crippen LogP contribution in [0.3, 0.4) is 0 Å². The lowest BCUT2D eigenvalue weighted by molar-refractivity contribution is -0.154. The predicted octanol–water partition coefficient (Wildman–Crippen LogP) is 16.9. The fraction of sp³-hybridized carbons (Fsp3) is 0.800. The Morgan fingerprint density at radius 2 is 0.875 bits per heavy atom. The van der Waals surface area contributed by atoms with E-state index in [9.17, 15) is 14.3 Å². The zero-order valence-corrected chi connectivity index (χ0v) is 42.7. The van der Waals surface area contributed by atoms with Gasteiger partial charge in [-0.1, -0.05) is 222 Å². The number of unbranched alkanes of at least 4 members (excludes halogenated alkanes) is 28. The number of esters is 1. The molecule has 0 aliphatic carbocycles. The van der Waals surface area contributed by atoms with Crippen LogP contribution in [0, 0.1) is 0 Å². The molecule has 0 aromatic heterocycles. The van der Waals surface area contributed by atoms with Crippen molar-refractivity contribution < 1.29 is 32.8 Å². The van der Waals surface area contributed by atoms with E-state index in [4.69, 9.17) is 24.3 Å². The summed E-state index contributed by atoms with van der Waals surface area (Å²) in [5, 5.41) is 0. The van der Waals surface area contributed by atoms with Gasteiger partial charge >= 0.3 is 13.8 Å². The van der Waals surface area contributed by atoms with E-state index in [2.05, 4.69) is 74.6 Å². The molecule has 0 rings (SSSR count). The second-order valence-electron chi connectivity index (χ2n) is 17.7. The molecular formula is C55H102NO7P. The van der Waals surface area contributed by atoms with Gasteiger partial charge in [-0.25, -0.2) is 4.57 Å². The molecule has 0 amide bonds. The summed E-state index contributed by atoms with van der Waals surface area (Å²) in [6.07, 6.45) is 65.4. The third-order valence-corrected chi connectivity index (χ3v) is 12.4. The Bertz CT molecular complexity index is 1170. The molecule has 2 atom stereocenters. The number of phosphoric ester groups is 1. The van der Waals surface area contributed by atoms with Crippen molar-refractivity contribution in [2.75, 3.05) is 33.0 Å². The lowest BCUT2D eigenvalue weighted by atomic mass is 10.0. The molecule has 2 unspecified atom stereocenters. The van der Waals surface area contributed by atoms with Gasteiger partial charge in [0.05, 0.1) is 19.8 Å². The van der Waals surface area contributed by atoms with Gasteiger partial charge in [-0.15, -0.1) is 0 Å². The maximum absolute atomic E-state index is 12.7. The molecule has 0 aliphatic heterocycles. The van der Waals surface area contributed by atoms with Crippen molar-refractivity contribution in [1.29, 1.82) is 0 Å². The quantitative estimate of drug-likeness (QED) is 0.0268. The Morgan fingerprint density at radius 3 is 1.33 bits per heavy atom. The van der Waals surface area contributed by atoms with Gasteiger partial charge in [-0.2, -0.15) is 0 Å². The molecule has 0 saturated heterocycles. The van der Waals surface area contributed by atoms with Crippen molar-refractivity contribution in [3.05, 3.63) is 60.8 Å². The number of hydrogen-bond acceptors (Lipinski definition) is 7. The van der Waals surface area contributed by atoms with Gasteiger partial charge in [0, 0.05) is 19.6 Å². The van der Waals surface area contributed by atoms with E-state index in [0.29, 0.717) is 13.0 Å². The molecule has 0 saturated carbocycles. The number of ether oxygens (including phenoxy) is 2. The summed E-state index contributed by atoms with van der Waals surface area (Å²) >= 11 is 0. The maximum atomic E-state index is 12.7. The molecule has 0 bridgehead atoms. The lowest BCUT2D eigenvalue weighted by Crippen LogP contribution is -2.28. The summed E-state index contributed by atoms with van der Waals surface area (Å²) in [7, 11) is -4.29. The molecule has 0 radical (unpaired) electrons. The molecule has 3 N–H and O–H groups in total. The molecule has 0 fully saturated rings. The Labute approximate surface area is 395 Å². The van der Waals surface area contributed by atoms with Crippen LogP contribution in [-0.4, -0.2) is 49.9 Å². The van der Waals surface area contributed by atoms with Crippen LogP contribution in [0.4, 0.5) is 0 Å². The summed E-state index contributed by atoms with van der Waals surface area (Å²) in [4.78, 5) is 22.6. The van der Waals surface area contributed by atoms with E-state index >= 15 is 0 Å². The lowest BCUT2D eigenvalue weighted by Gasteiger charge is -2.20. The summed E-state index contributed by atoms with van der Waals surface area (Å²) in [5.41, 5.74) is 5.39. The topological polar surface area (TPSA) is 117 Å². The van der Waals surface area contributed by atoms with Crippen LogP contribution >= 0.6 is 7.82 Å². The van der Waals surface area contributed by atoms with Crippen molar-refractivity contribution >= 4 is 13.8 Å². The second kappa shape index (κ2) is 52.2. The molecular weight excluding hydrogens is 818 g/mol. The Hall–Kier alpha value is -1.80. The van der Waals surface area contributed by atoms with E-state index in [1.165, 1.54) is 167 Å². The highest BCUT2D eigenvalue weighted by atomic mass is 31.2. The van der Waals surface area contributed by atoms with Crippen LogP contribution in [0.5, 0.6) is 0 Å². The average Bonchev–Trinajstić information content (AvgIpc) is 3.29. The van der Waals surface area contributed by atoms with Crippen molar-refractivity contribution in [1.82, 2.24) is 0 Å². The highest BCUT2D eigenvalue weighted by molar-refractivity contribution is 7.47. The van der Waals surface area contributed by atoms with E-state index in [-0.39, 0.29) is 32.3 Å². The minimum Gasteiger partial charge on any atom is -0.457 e. The largest absolute Gasteiger partial charge is 0.472 e. The fourth-order valence-corrected chi connectivity index (χ4v) is 8.28. The Balaban J connectivity index is 3.90. The van der Waals surface area contributed by atoms with Gasteiger partial charge in [0.25, 0.3) is 0 Å². The number of rotatable bonds is 51. The highest BCUT2D eigenvalue weighted by Gasteiger charge is 2.25. The summed E-state index contributed by atoms with van der Waals surface area (Å²) in [6, 6.07) is 0. The first kappa shape index (κ1) is 62.2. The van der Waals surface area contributed by atoms with E-state index in [1.54, 1.807) is 0 Å². The molecule has 0 aromatic rings. The summed E-state index contributed by atoms with van der Waals surface area (Å²) in [6.45, 7) is 4.83. The molecule has 0 heterocycles. The average molecular weight is 920 g/mol. The van der Waals surface area contributed by atoms with Gasteiger partial charge in [0.15, 0.2) is 0 Å². The number of carbonyl (C=O) groups is 1. The van der Waals surface area contributed by atoms with E-state index < -0.39 is 13.9 Å². The molecule has 8 nitrogen and oxygen atoms in total. The monoisotopic (exact) mass is 920 g/mol. The number of carbonyl (C=O) groups excluding carboxylic acids is 1. The van der Waals surface area contributed by atoms with E-state index in [0.717, 1.165) is 57.8 Å². The first-order valence-electron chi connectivity index (χ1n) is 26.8. The van der Waals surface area contributed by atoms with Crippen LogP contribution in [-0.2, 0) is 27.9 Å². The first-order valence-corrected chi connectivity index (χ1v) is 28.3. The SMILES string of the molecule is CC/C=C\C/C=C\C/C=C\C/C=C\CCCCCCCCCCCCCCCOCC(COP(=O)(O)OCCN)OC(=O)CCCCCCCCCCC/C=C\CCCCCCCC. The van der Waals surface area contributed by atoms with Crippen molar-refractivity contribution in [2.24, 2.45) is 5.73 Å². The third-order valence-electron chi connectivity index (χ3n) is 11.4. The predicted molar refractivity (Wildman–Crippen MR) is 275 cm³/mol. The zero-order valence-electron chi connectivity index (χ0n) is 41.8. The van der Waals surface area contributed by atoms with Gasteiger partial charge in [0.1, 0.15) is 6.10 Å². The van der Waals surface area contributed by atoms with Gasteiger partial charge in [-0.05, 0) is 77.0 Å². The van der Waals surface area contributed by atoms with Crippen LogP contribution in [0.2, 0.25) is 0 Å². The minimum atomic E-state index is -4.29. The zero-order chi connectivity index (χ0) is 46.5. The molecule has 374 valence electrons. The fourth-order valence-electron chi connectivity index (χ4n) is 7.51. The second-order valence-corrected chi connectivity index (χ2v) is 19.2. The maximum Gasteiger partial charge on any atom is 0.472 e. The molecule has 0 aromatic carbocycles. The van der Waals surface area contributed by atoms with Crippen LogP contribution in [0.1, 0.15) is 245 Å². The van der Waals surface area contributed by atoms with Crippen molar-refractivity contribution in [3.63, 3.8) is 0 Å².